The molecule has 0 saturated heterocycles. The van der Waals surface area contributed by atoms with E-state index in [4.69, 9.17) is 10.7 Å². The lowest BCUT2D eigenvalue weighted by atomic mass is 9.99. The highest BCUT2D eigenvalue weighted by atomic mass is 16.6. The third kappa shape index (κ3) is 1.65. The summed E-state index contributed by atoms with van der Waals surface area (Å²) >= 11 is 0. The van der Waals surface area contributed by atoms with Gasteiger partial charge in [-0.3, -0.25) is 4.84 Å². The molecule has 0 aliphatic heterocycles. The molecule has 0 bridgehead atoms. The zero-order valence-corrected chi connectivity index (χ0v) is 7.79. The lowest BCUT2D eigenvalue weighted by molar-refractivity contribution is 0.0655. The molecule has 0 fully saturated rings. The van der Waals surface area contributed by atoms with Gasteiger partial charge in [-0.25, -0.2) is 5.90 Å². The standard InChI is InChI=1S/C10H15NO/c1-7-5-4-6-8(2)10(7)9(3)12-11/h4-6,9H,11H2,1-3H3. The van der Waals surface area contributed by atoms with Crippen LogP contribution in [0.5, 0.6) is 0 Å². The molecule has 1 rings (SSSR count). The van der Waals surface area contributed by atoms with Crippen LogP contribution < -0.4 is 5.90 Å². The number of rotatable bonds is 2. The first-order chi connectivity index (χ1) is 5.66. The van der Waals surface area contributed by atoms with Crippen LogP contribution in [0.3, 0.4) is 0 Å². The van der Waals surface area contributed by atoms with Crippen LogP contribution in [0.1, 0.15) is 29.7 Å². The van der Waals surface area contributed by atoms with Crippen LogP contribution in [-0.4, -0.2) is 0 Å². The minimum absolute atomic E-state index is 0.0220. The van der Waals surface area contributed by atoms with Crippen molar-refractivity contribution in [2.45, 2.75) is 26.9 Å². The maximum absolute atomic E-state index is 5.14. The predicted molar refractivity (Wildman–Crippen MR) is 49.6 cm³/mol. The van der Waals surface area contributed by atoms with Crippen molar-refractivity contribution in [1.82, 2.24) is 0 Å². The zero-order valence-electron chi connectivity index (χ0n) is 7.79. The number of hydrogen-bond donors (Lipinski definition) is 1. The molecule has 1 unspecified atom stereocenters. The molecule has 12 heavy (non-hydrogen) atoms. The fraction of sp³-hybridized carbons (Fsp3) is 0.400. The predicted octanol–water partition coefficient (Wildman–Crippen LogP) is 2.25. The van der Waals surface area contributed by atoms with Gasteiger partial charge >= 0.3 is 0 Å². The van der Waals surface area contributed by atoms with Crippen LogP contribution >= 0.6 is 0 Å². The number of aryl methyl sites for hydroxylation is 2. The Labute approximate surface area is 73.3 Å². The highest BCUT2D eigenvalue weighted by Gasteiger charge is 2.09. The monoisotopic (exact) mass is 165 g/mol. The second kappa shape index (κ2) is 3.70. The summed E-state index contributed by atoms with van der Waals surface area (Å²) in [6, 6.07) is 6.17. The SMILES string of the molecule is Cc1cccc(C)c1C(C)ON. The van der Waals surface area contributed by atoms with E-state index in [0.717, 1.165) is 0 Å². The van der Waals surface area contributed by atoms with Gasteiger partial charge in [0.15, 0.2) is 0 Å². The van der Waals surface area contributed by atoms with Gasteiger partial charge in [0.2, 0.25) is 0 Å². The lowest BCUT2D eigenvalue weighted by Crippen LogP contribution is -2.08. The summed E-state index contributed by atoms with van der Waals surface area (Å²) in [6.07, 6.45) is -0.0220. The van der Waals surface area contributed by atoms with Gasteiger partial charge in [0.1, 0.15) is 6.10 Å². The van der Waals surface area contributed by atoms with Crippen molar-refractivity contribution in [2.75, 3.05) is 0 Å². The second-order valence-corrected chi connectivity index (χ2v) is 3.08. The van der Waals surface area contributed by atoms with E-state index >= 15 is 0 Å². The van der Waals surface area contributed by atoms with Gasteiger partial charge in [0.25, 0.3) is 0 Å². The third-order valence-corrected chi connectivity index (χ3v) is 2.15. The summed E-state index contributed by atoms with van der Waals surface area (Å²) in [5.74, 6) is 5.14. The minimum Gasteiger partial charge on any atom is -0.297 e. The number of benzene rings is 1. The fourth-order valence-electron chi connectivity index (χ4n) is 1.54. The summed E-state index contributed by atoms with van der Waals surface area (Å²) in [4.78, 5) is 4.80. The third-order valence-electron chi connectivity index (χ3n) is 2.15. The maximum Gasteiger partial charge on any atom is 0.101 e. The topological polar surface area (TPSA) is 35.2 Å². The van der Waals surface area contributed by atoms with Gasteiger partial charge in [0.05, 0.1) is 0 Å². The van der Waals surface area contributed by atoms with Crippen molar-refractivity contribution in [3.63, 3.8) is 0 Å². The molecule has 2 N–H and O–H groups in total. The molecule has 66 valence electrons. The molecule has 0 aromatic heterocycles. The first-order valence-electron chi connectivity index (χ1n) is 4.08. The smallest absolute Gasteiger partial charge is 0.101 e. The maximum atomic E-state index is 5.14. The Hall–Kier alpha value is -0.860. The molecule has 2 nitrogen and oxygen atoms in total. The number of nitrogens with two attached hydrogens (primary N) is 1. The zero-order chi connectivity index (χ0) is 9.14. The minimum atomic E-state index is -0.0220. The molecule has 0 aliphatic carbocycles. The van der Waals surface area contributed by atoms with Crippen LogP contribution in [0, 0.1) is 13.8 Å². The van der Waals surface area contributed by atoms with Gasteiger partial charge in [0, 0.05) is 0 Å². The Morgan fingerprint density at radius 2 is 1.75 bits per heavy atom. The molecule has 0 radical (unpaired) electrons. The van der Waals surface area contributed by atoms with E-state index in [2.05, 4.69) is 26.0 Å². The van der Waals surface area contributed by atoms with Crippen LogP contribution in [0.4, 0.5) is 0 Å². The van der Waals surface area contributed by atoms with E-state index in [1.54, 1.807) is 0 Å². The lowest BCUT2D eigenvalue weighted by Gasteiger charge is -2.14. The van der Waals surface area contributed by atoms with E-state index in [1.165, 1.54) is 16.7 Å². The van der Waals surface area contributed by atoms with Crippen LogP contribution in [0.15, 0.2) is 18.2 Å². The van der Waals surface area contributed by atoms with E-state index in [0.29, 0.717) is 0 Å². The normalized spacial score (nSPS) is 13.0. The average Bonchev–Trinajstić information content (AvgIpc) is 2.03. The van der Waals surface area contributed by atoms with E-state index in [9.17, 15) is 0 Å². The van der Waals surface area contributed by atoms with Crippen molar-refractivity contribution < 1.29 is 4.84 Å². The molecule has 0 spiro atoms. The van der Waals surface area contributed by atoms with Gasteiger partial charge in [-0.2, -0.15) is 0 Å². The van der Waals surface area contributed by atoms with Gasteiger partial charge in [-0.05, 0) is 37.5 Å². The van der Waals surface area contributed by atoms with Crippen molar-refractivity contribution in [2.24, 2.45) is 5.90 Å². The first kappa shape index (κ1) is 9.23. The quantitative estimate of drug-likeness (QED) is 0.682. The molecular formula is C10H15NO. The molecule has 1 atom stereocenters. The molecule has 0 amide bonds. The van der Waals surface area contributed by atoms with Crippen molar-refractivity contribution in [3.05, 3.63) is 34.9 Å². The van der Waals surface area contributed by atoms with Gasteiger partial charge < -0.3 is 0 Å². The fourth-order valence-corrected chi connectivity index (χ4v) is 1.54. The molecule has 0 heterocycles. The average molecular weight is 165 g/mol. The van der Waals surface area contributed by atoms with Crippen molar-refractivity contribution >= 4 is 0 Å². The Bertz CT molecular complexity index is 250. The number of hydrogen-bond acceptors (Lipinski definition) is 2. The Morgan fingerprint density at radius 1 is 1.25 bits per heavy atom. The summed E-state index contributed by atoms with van der Waals surface area (Å²) in [5.41, 5.74) is 3.65. The summed E-state index contributed by atoms with van der Waals surface area (Å²) in [6.45, 7) is 6.09. The summed E-state index contributed by atoms with van der Waals surface area (Å²) in [5, 5.41) is 0. The molecule has 1 aromatic carbocycles. The van der Waals surface area contributed by atoms with Crippen LogP contribution in [0.25, 0.3) is 0 Å². The van der Waals surface area contributed by atoms with Gasteiger partial charge in [-0.1, -0.05) is 18.2 Å². The summed E-state index contributed by atoms with van der Waals surface area (Å²) < 4.78 is 0. The van der Waals surface area contributed by atoms with E-state index in [-0.39, 0.29) is 6.10 Å². The Balaban J connectivity index is 3.12. The largest absolute Gasteiger partial charge is 0.297 e. The van der Waals surface area contributed by atoms with Crippen molar-refractivity contribution in [1.29, 1.82) is 0 Å². The first-order valence-corrected chi connectivity index (χ1v) is 4.08. The van der Waals surface area contributed by atoms with Gasteiger partial charge in [-0.15, -0.1) is 0 Å². The molecular weight excluding hydrogens is 150 g/mol. The molecule has 2 heteroatoms. The molecule has 0 saturated carbocycles. The highest BCUT2D eigenvalue weighted by Crippen LogP contribution is 2.22. The Morgan fingerprint density at radius 3 is 2.17 bits per heavy atom. The van der Waals surface area contributed by atoms with E-state index in [1.807, 2.05) is 13.0 Å². The second-order valence-electron chi connectivity index (χ2n) is 3.08. The van der Waals surface area contributed by atoms with Crippen LogP contribution in [-0.2, 0) is 4.84 Å². The van der Waals surface area contributed by atoms with E-state index < -0.39 is 0 Å². The molecule has 1 aromatic rings. The Kier molecular flexibility index (Phi) is 2.84. The highest BCUT2D eigenvalue weighted by molar-refractivity contribution is 5.34. The van der Waals surface area contributed by atoms with Crippen molar-refractivity contribution in [3.8, 4) is 0 Å². The molecule has 0 aliphatic rings. The summed E-state index contributed by atoms with van der Waals surface area (Å²) in [7, 11) is 0. The van der Waals surface area contributed by atoms with Crippen LogP contribution in [0.2, 0.25) is 0 Å².